The molecular weight excluding hydrogens is 465 g/mol. The zero-order valence-corrected chi connectivity index (χ0v) is 18.5. The average molecular weight is 485 g/mol. The molecule has 0 spiro atoms. The lowest BCUT2D eigenvalue weighted by Gasteiger charge is -2.32. The van der Waals surface area contributed by atoms with Crippen LogP contribution in [0.2, 0.25) is 0 Å². The summed E-state index contributed by atoms with van der Waals surface area (Å²) in [5.41, 5.74) is -2.31. The van der Waals surface area contributed by atoms with E-state index in [-0.39, 0.29) is 22.7 Å². The molecule has 4 atom stereocenters. The molecule has 0 aliphatic carbocycles. The Morgan fingerprint density at radius 1 is 1.15 bits per heavy atom. The number of esters is 1. The summed E-state index contributed by atoms with van der Waals surface area (Å²) in [4.78, 5) is 23.0. The second-order valence-electron chi connectivity index (χ2n) is 8.12. The smallest absolute Gasteiger partial charge is 0.417 e. The minimum atomic E-state index is -4.78. The van der Waals surface area contributed by atoms with Crippen molar-refractivity contribution in [3.05, 3.63) is 53.0 Å². The van der Waals surface area contributed by atoms with Gasteiger partial charge in [0.1, 0.15) is 11.9 Å². The number of ether oxygens (including phenoxy) is 3. The fraction of sp³-hybridized carbons (Fsp3) is 0.409. The molecule has 0 saturated carbocycles. The van der Waals surface area contributed by atoms with Crippen molar-refractivity contribution < 1.29 is 41.0 Å². The van der Waals surface area contributed by atoms with E-state index >= 15 is 0 Å². The van der Waals surface area contributed by atoms with E-state index < -0.39 is 53.1 Å². The Morgan fingerprint density at radius 2 is 1.85 bits per heavy atom. The van der Waals surface area contributed by atoms with Gasteiger partial charge in [0.05, 0.1) is 19.7 Å². The molecule has 1 fully saturated rings. The van der Waals surface area contributed by atoms with Crippen LogP contribution in [0, 0.1) is 17.6 Å². The van der Waals surface area contributed by atoms with Crippen LogP contribution in [-0.2, 0) is 9.47 Å². The van der Waals surface area contributed by atoms with Crippen LogP contribution in [0.25, 0.3) is 11.2 Å². The molecule has 1 saturated heterocycles. The highest BCUT2D eigenvalue weighted by Crippen LogP contribution is 2.59. The van der Waals surface area contributed by atoms with E-state index in [2.05, 4.69) is 19.7 Å². The number of H-pyrrole nitrogens is 1. The fourth-order valence-electron chi connectivity index (χ4n) is 4.31. The van der Waals surface area contributed by atoms with Crippen molar-refractivity contribution in [3.8, 4) is 5.75 Å². The molecular formula is C22H20F5N3O4. The molecule has 182 valence electrons. The molecule has 0 unspecified atom stereocenters. The van der Waals surface area contributed by atoms with Crippen LogP contribution in [0.4, 0.5) is 22.0 Å². The quantitative estimate of drug-likeness (QED) is 0.420. The van der Waals surface area contributed by atoms with Gasteiger partial charge < -0.3 is 19.2 Å². The van der Waals surface area contributed by atoms with Gasteiger partial charge >= 0.3 is 12.1 Å². The van der Waals surface area contributed by atoms with E-state index in [1.54, 1.807) is 0 Å². The molecule has 0 radical (unpaired) electrons. The Morgan fingerprint density at radius 3 is 2.47 bits per heavy atom. The Balaban J connectivity index is 1.89. The number of carbonyl (C=O) groups excluding carboxylic acids is 1. The molecule has 0 bridgehead atoms. The van der Waals surface area contributed by atoms with Crippen LogP contribution < -0.4 is 4.74 Å². The van der Waals surface area contributed by atoms with Gasteiger partial charge in [0.25, 0.3) is 0 Å². The molecule has 2 aromatic heterocycles. The van der Waals surface area contributed by atoms with Crippen LogP contribution >= 0.6 is 0 Å². The van der Waals surface area contributed by atoms with Crippen LogP contribution in [0.15, 0.2) is 24.3 Å². The number of alkyl halides is 3. The number of pyridine rings is 1. The Labute approximate surface area is 190 Å². The number of rotatable bonds is 4. The van der Waals surface area contributed by atoms with Crippen LogP contribution in [0.3, 0.4) is 0 Å². The molecule has 1 N–H and O–H groups in total. The van der Waals surface area contributed by atoms with E-state index in [1.807, 2.05) is 0 Å². The van der Waals surface area contributed by atoms with Crippen molar-refractivity contribution in [2.75, 3.05) is 14.2 Å². The summed E-state index contributed by atoms with van der Waals surface area (Å²) >= 11 is 0. The summed E-state index contributed by atoms with van der Waals surface area (Å²) in [6, 6.07) is 4.83. The van der Waals surface area contributed by atoms with Gasteiger partial charge in [-0.15, -0.1) is 0 Å². The molecule has 1 aliphatic rings. The van der Waals surface area contributed by atoms with Gasteiger partial charge in [0, 0.05) is 17.4 Å². The molecule has 12 heteroatoms. The molecule has 7 nitrogen and oxygen atoms in total. The number of benzene rings is 1. The minimum Gasteiger partial charge on any atom is -0.493 e. The summed E-state index contributed by atoms with van der Waals surface area (Å²) < 4.78 is 85.8. The van der Waals surface area contributed by atoms with Gasteiger partial charge in [0.2, 0.25) is 5.82 Å². The number of nitrogens with one attached hydrogen (secondary N) is 1. The second-order valence-corrected chi connectivity index (χ2v) is 8.12. The van der Waals surface area contributed by atoms with E-state index in [1.165, 1.54) is 32.2 Å². The summed E-state index contributed by atoms with van der Waals surface area (Å²) in [7, 11) is 2.27. The lowest BCUT2D eigenvalue weighted by atomic mass is 9.77. The average Bonchev–Trinajstić information content (AvgIpc) is 3.33. The number of aromatic nitrogens is 3. The topological polar surface area (TPSA) is 86.3 Å². The van der Waals surface area contributed by atoms with E-state index in [9.17, 15) is 26.7 Å². The van der Waals surface area contributed by atoms with E-state index in [0.29, 0.717) is 5.52 Å². The Bertz CT molecular complexity index is 1260. The first-order valence-corrected chi connectivity index (χ1v) is 10.1. The van der Waals surface area contributed by atoms with E-state index in [0.717, 1.165) is 20.1 Å². The zero-order chi connectivity index (χ0) is 25.0. The summed E-state index contributed by atoms with van der Waals surface area (Å²) in [6.45, 7) is 2.21. The first-order valence-electron chi connectivity index (χ1n) is 10.1. The molecule has 4 rings (SSSR count). The Hall–Kier alpha value is -3.28. The first-order chi connectivity index (χ1) is 15.9. The number of hydrogen-bond donors (Lipinski definition) is 1. The lowest BCUT2D eigenvalue weighted by molar-refractivity contribution is -0.275. The van der Waals surface area contributed by atoms with Crippen molar-refractivity contribution in [2.24, 2.45) is 5.92 Å². The predicted molar refractivity (Wildman–Crippen MR) is 108 cm³/mol. The van der Waals surface area contributed by atoms with Crippen molar-refractivity contribution >= 4 is 17.1 Å². The second kappa shape index (κ2) is 8.19. The largest absolute Gasteiger partial charge is 0.493 e. The zero-order valence-electron chi connectivity index (χ0n) is 18.5. The van der Waals surface area contributed by atoms with Crippen molar-refractivity contribution in [2.45, 2.75) is 37.6 Å². The van der Waals surface area contributed by atoms with Crippen LogP contribution in [0.5, 0.6) is 5.75 Å². The summed E-state index contributed by atoms with van der Waals surface area (Å²) in [5.74, 6) is -6.15. The SMILES string of the molecule is COC(=O)c1ccc2[nH]c([C@@H]3O[C@@](C)(C(F)(F)F)[C@@H](C)[C@H]3c3ccc(F)c(F)c3OC)nc2n1. The number of methoxy groups -OCH3 is 2. The third kappa shape index (κ3) is 3.56. The lowest BCUT2D eigenvalue weighted by Crippen LogP contribution is -2.46. The van der Waals surface area contributed by atoms with Crippen molar-refractivity contribution in [1.29, 1.82) is 0 Å². The highest BCUT2D eigenvalue weighted by molar-refractivity contribution is 5.89. The van der Waals surface area contributed by atoms with Gasteiger partial charge in [-0.05, 0) is 25.1 Å². The molecule has 1 aliphatic heterocycles. The number of nitrogens with zero attached hydrogens (tertiary/aromatic N) is 2. The maximum atomic E-state index is 14.5. The van der Waals surface area contributed by atoms with Crippen molar-refractivity contribution in [3.63, 3.8) is 0 Å². The van der Waals surface area contributed by atoms with Crippen LogP contribution in [-0.4, -0.2) is 46.9 Å². The third-order valence-corrected chi connectivity index (χ3v) is 6.34. The standard InChI is InChI=1S/C22H20F5N3O4/c1-9-14(10-5-6-11(23)15(24)16(10)32-3)17(34-21(9,2)22(25,26)27)19-28-12-7-8-13(20(31)33-4)29-18(12)30-19/h5-9,14,17H,1-4H3,(H,28,29,30)/t9-,14-,17+,21+/m0/s1. The first kappa shape index (κ1) is 23.9. The molecule has 0 amide bonds. The van der Waals surface area contributed by atoms with Gasteiger partial charge in [-0.3, -0.25) is 0 Å². The predicted octanol–water partition coefficient (Wildman–Crippen LogP) is 4.84. The number of imidazole rings is 1. The van der Waals surface area contributed by atoms with Gasteiger partial charge in [-0.1, -0.05) is 13.0 Å². The summed E-state index contributed by atoms with van der Waals surface area (Å²) in [6.07, 6.45) is -6.13. The van der Waals surface area contributed by atoms with Crippen LogP contribution in [0.1, 0.15) is 47.7 Å². The van der Waals surface area contributed by atoms with Gasteiger partial charge in [0.15, 0.2) is 28.5 Å². The number of halogens is 5. The maximum Gasteiger partial charge on any atom is 0.417 e. The molecule has 34 heavy (non-hydrogen) atoms. The van der Waals surface area contributed by atoms with E-state index in [4.69, 9.17) is 9.47 Å². The molecule has 3 heterocycles. The third-order valence-electron chi connectivity index (χ3n) is 6.34. The number of hydrogen-bond acceptors (Lipinski definition) is 6. The van der Waals surface area contributed by atoms with Crippen molar-refractivity contribution in [1.82, 2.24) is 15.0 Å². The fourth-order valence-corrected chi connectivity index (χ4v) is 4.31. The highest BCUT2D eigenvalue weighted by atomic mass is 19.4. The monoisotopic (exact) mass is 485 g/mol. The molecule has 1 aromatic carbocycles. The minimum absolute atomic E-state index is 0.00413. The number of aromatic amines is 1. The normalized spacial score (nSPS) is 25.0. The highest BCUT2D eigenvalue weighted by Gasteiger charge is 2.65. The maximum absolute atomic E-state index is 14.5. The van der Waals surface area contributed by atoms with Gasteiger partial charge in [-0.2, -0.15) is 17.6 Å². The number of carbonyl (C=O) groups is 1. The Kier molecular flexibility index (Phi) is 5.75. The van der Waals surface area contributed by atoms with Gasteiger partial charge in [-0.25, -0.2) is 19.2 Å². The molecule has 3 aromatic rings. The number of fused-ring (bicyclic) bond motifs is 1. The summed E-state index contributed by atoms with van der Waals surface area (Å²) in [5, 5.41) is 0.